The monoisotopic (exact) mass is 317 g/mol. The van der Waals surface area contributed by atoms with Gasteiger partial charge in [0, 0.05) is 12.0 Å². The Labute approximate surface area is 145 Å². The third kappa shape index (κ3) is 8.95. The molecule has 0 radical (unpaired) electrons. The van der Waals surface area contributed by atoms with Crippen molar-refractivity contribution in [2.45, 2.75) is 60.8 Å². The zero-order chi connectivity index (χ0) is 17.8. The summed E-state index contributed by atoms with van der Waals surface area (Å²) in [5.41, 5.74) is 0.412. The van der Waals surface area contributed by atoms with E-state index in [0.717, 1.165) is 13.0 Å². The normalized spacial score (nSPS) is 17.7. The molecule has 0 aromatic carbocycles. The Bertz CT molecular complexity index is 386. The highest BCUT2D eigenvalue weighted by molar-refractivity contribution is 5.13. The van der Waals surface area contributed by atoms with Crippen molar-refractivity contribution < 1.29 is 0 Å². The minimum Gasteiger partial charge on any atom is -0.319 e. The molecule has 0 saturated heterocycles. The summed E-state index contributed by atoms with van der Waals surface area (Å²) in [7, 11) is 2.04. The minimum atomic E-state index is 0.110. The highest BCUT2D eigenvalue weighted by atomic mass is 14.8. The summed E-state index contributed by atoms with van der Waals surface area (Å²) in [6.45, 7) is 14.3. The van der Waals surface area contributed by atoms with E-state index in [-0.39, 0.29) is 5.41 Å². The second-order valence-electron chi connectivity index (χ2n) is 7.36. The van der Waals surface area contributed by atoms with Crippen LogP contribution in [0.5, 0.6) is 0 Å². The average Bonchev–Trinajstić information content (AvgIpc) is 2.46. The zero-order valence-electron chi connectivity index (χ0n) is 16.5. The Morgan fingerprint density at radius 2 is 1.39 bits per heavy atom. The molecule has 0 rings (SSSR count). The van der Waals surface area contributed by atoms with E-state index in [0.29, 0.717) is 11.3 Å². The van der Waals surface area contributed by atoms with Crippen molar-refractivity contribution in [3.63, 3.8) is 0 Å². The lowest BCUT2D eigenvalue weighted by atomic mass is 9.69. The summed E-state index contributed by atoms with van der Waals surface area (Å²) in [5, 5.41) is 3.38. The van der Waals surface area contributed by atoms with E-state index in [1.165, 1.54) is 12.8 Å². The van der Waals surface area contributed by atoms with E-state index in [9.17, 15) is 0 Å². The van der Waals surface area contributed by atoms with Crippen LogP contribution in [0.4, 0.5) is 0 Å². The Morgan fingerprint density at radius 1 is 0.870 bits per heavy atom. The molecule has 0 aliphatic rings. The summed E-state index contributed by atoms with van der Waals surface area (Å²) in [6, 6.07) is 0. The van der Waals surface area contributed by atoms with E-state index in [2.05, 4.69) is 95.5 Å². The van der Waals surface area contributed by atoms with Crippen LogP contribution in [0.1, 0.15) is 60.8 Å². The van der Waals surface area contributed by atoms with Crippen LogP contribution in [0, 0.1) is 16.7 Å². The Balaban J connectivity index is 5.08. The number of hydrogen-bond acceptors (Lipinski definition) is 1. The molecule has 1 heteroatoms. The van der Waals surface area contributed by atoms with Gasteiger partial charge in [0.2, 0.25) is 0 Å². The van der Waals surface area contributed by atoms with Gasteiger partial charge in [-0.05, 0) is 65.3 Å². The Hall–Kier alpha value is -1.08. The van der Waals surface area contributed by atoms with Crippen LogP contribution >= 0.6 is 0 Å². The molecular weight excluding hydrogens is 278 g/mol. The fraction of sp³-hybridized carbons (Fsp3) is 0.636. The van der Waals surface area contributed by atoms with Crippen molar-refractivity contribution in [1.82, 2.24) is 5.32 Å². The fourth-order valence-electron chi connectivity index (χ4n) is 3.63. The molecule has 0 aromatic rings. The van der Waals surface area contributed by atoms with Crippen LogP contribution in [0.2, 0.25) is 0 Å². The lowest BCUT2D eigenvalue weighted by Gasteiger charge is -2.37. The highest BCUT2D eigenvalue weighted by Crippen LogP contribution is 2.40. The molecule has 0 aliphatic heterocycles. The predicted octanol–water partition coefficient (Wildman–Crippen LogP) is 6.31. The molecule has 132 valence electrons. The Kier molecular flexibility index (Phi) is 10.9. The first-order chi connectivity index (χ1) is 10.9. The van der Waals surface area contributed by atoms with Crippen molar-refractivity contribution in [2.24, 2.45) is 16.7 Å². The molecule has 0 aromatic heterocycles. The molecule has 0 saturated carbocycles. The molecule has 1 nitrogen and oxygen atoms in total. The maximum Gasteiger partial charge on any atom is 0.0191 e. The molecule has 1 N–H and O–H groups in total. The van der Waals surface area contributed by atoms with Crippen LogP contribution < -0.4 is 5.32 Å². The molecular formula is C22H39N. The van der Waals surface area contributed by atoms with Gasteiger partial charge < -0.3 is 5.32 Å². The van der Waals surface area contributed by atoms with Crippen LogP contribution in [0.15, 0.2) is 48.6 Å². The molecule has 0 atom stereocenters. The largest absolute Gasteiger partial charge is 0.319 e. The minimum absolute atomic E-state index is 0.110. The van der Waals surface area contributed by atoms with E-state index in [4.69, 9.17) is 0 Å². The SMILES string of the molecule is CC=CC(C=CC)CCC(C)(C)CC(C=CC)(C=CC)CNC. The third-order valence-electron chi connectivity index (χ3n) is 4.34. The van der Waals surface area contributed by atoms with E-state index >= 15 is 0 Å². The van der Waals surface area contributed by atoms with Gasteiger partial charge in [-0.1, -0.05) is 62.5 Å². The van der Waals surface area contributed by atoms with Crippen molar-refractivity contribution in [1.29, 1.82) is 0 Å². The number of rotatable bonds is 11. The van der Waals surface area contributed by atoms with Crippen molar-refractivity contribution in [3.05, 3.63) is 48.6 Å². The quantitative estimate of drug-likeness (QED) is 0.440. The van der Waals surface area contributed by atoms with Gasteiger partial charge in [-0.15, -0.1) is 0 Å². The first kappa shape index (κ1) is 21.9. The summed E-state index contributed by atoms with van der Waals surface area (Å²) < 4.78 is 0. The van der Waals surface area contributed by atoms with E-state index in [1.807, 2.05) is 7.05 Å². The summed E-state index contributed by atoms with van der Waals surface area (Å²) in [4.78, 5) is 0. The van der Waals surface area contributed by atoms with Crippen LogP contribution in [-0.4, -0.2) is 13.6 Å². The standard InChI is InChI=1S/C22H39N/c1-8-12-20(13-9-2)14-17-21(5,6)18-22(15-10-3,16-11-4)19-23-7/h8-13,15-16,20,23H,14,17-19H2,1-7H3. The van der Waals surface area contributed by atoms with Crippen molar-refractivity contribution in [2.75, 3.05) is 13.6 Å². The highest BCUT2D eigenvalue weighted by Gasteiger charge is 2.31. The van der Waals surface area contributed by atoms with Crippen LogP contribution in [0.3, 0.4) is 0 Å². The van der Waals surface area contributed by atoms with Gasteiger partial charge in [-0.25, -0.2) is 0 Å². The molecule has 23 heavy (non-hydrogen) atoms. The van der Waals surface area contributed by atoms with Crippen molar-refractivity contribution >= 4 is 0 Å². The van der Waals surface area contributed by atoms with Gasteiger partial charge >= 0.3 is 0 Å². The maximum atomic E-state index is 3.38. The predicted molar refractivity (Wildman–Crippen MR) is 107 cm³/mol. The lowest BCUT2D eigenvalue weighted by Crippen LogP contribution is -2.34. The van der Waals surface area contributed by atoms with Crippen LogP contribution in [-0.2, 0) is 0 Å². The molecule has 0 spiro atoms. The first-order valence-electron chi connectivity index (χ1n) is 9.06. The molecule has 0 bridgehead atoms. The smallest absolute Gasteiger partial charge is 0.0191 e. The van der Waals surface area contributed by atoms with E-state index in [1.54, 1.807) is 0 Å². The van der Waals surface area contributed by atoms with Gasteiger partial charge in [0.1, 0.15) is 0 Å². The first-order valence-corrected chi connectivity index (χ1v) is 9.06. The third-order valence-corrected chi connectivity index (χ3v) is 4.34. The topological polar surface area (TPSA) is 12.0 Å². The average molecular weight is 318 g/mol. The van der Waals surface area contributed by atoms with Gasteiger partial charge in [0.25, 0.3) is 0 Å². The van der Waals surface area contributed by atoms with E-state index < -0.39 is 0 Å². The summed E-state index contributed by atoms with van der Waals surface area (Å²) >= 11 is 0. The fourth-order valence-corrected chi connectivity index (χ4v) is 3.63. The molecule has 0 amide bonds. The molecule has 0 aliphatic carbocycles. The molecule has 0 unspecified atom stereocenters. The van der Waals surface area contributed by atoms with Crippen LogP contribution in [0.25, 0.3) is 0 Å². The van der Waals surface area contributed by atoms with Gasteiger partial charge in [-0.2, -0.15) is 0 Å². The Morgan fingerprint density at radius 3 is 1.78 bits per heavy atom. The summed E-state index contributed by atoms with van der Waals surface area (Å²) in [6.07, 6.45) is 21.7. The maximum absolute atomic E-state index is 3.38. The summed E-state index contributed by atoms with van der Waals surface area (Å²) in [5.74, 6) is 0.561. The zero-order valence-corrected chi connectivity index (χ0v) is 16.5. The van der Waals surface area contributed by atoms with Crippen molar-refractivity contribution in [3.8, 4) is 0 Å². The lowest BCUT2D eigenvalue weighted by molar-refractivity contribution is 0.217. The van der Waals surface area contributed by atoms with Gasteiger partial charge in [0.15, 0.2) is 0 Å². The number of allylic oxidation sites excluding steroid dienone is 6. The van der Waals surface area contributed by atoms with Gasteiger partial charge in [0.05, 0.1) is 0 Å². The molecule has 0 fully saturated rings. The molecule has 0 heterocycles. The second-order valence-corrected chi connectivity index (χ2v) is 7.36. The second kappa shape index (κ2) is 11.5. The number of nitrogens with one attached hydrogen (secondary N) is 1. The van der Waals surface area contributed by atoms with Gasteiger partial charge in [-0.3, -0.25) is 0 Å². The number of hydrogen-bond donors (Lipinski definition) is 1.